The molecule has 0 spiro atoms. The normalized spacial score (nSPS) is 16.4. The largest absolute Gasteiger partial charge is 0.493 e. The number of amides is 1. The van der Waals surface area contributed by atoms with E-state index in [9.17, 15) is 9.59 Å². The number of anilines is 1. The van der Waals surface area contributed by atoms with E-state index in [1.54, 1.807) is 36.9 Å². The van der Waals surface area contributed by atoms with Crippen molar-refractivity contribution in [3.8, 4) is 11.5 Å². The molecule has 1 atom stereocenters. The molecule has 1 aromatic carbocycles. The second-order valence-electron chi connectivity index (χ2n) is 5.65. The van der Waals surface area contributed by atoms with Crippen molar-refractivity contribution in [3.63, 3.8) is 0 Å². The van der Waals surface area contributed by atoms with Gasteiger partial charge in [0.1, 0.15) is 5.82 Å². The quantitative estimate of drug-likeness (QED) is 0.777. The number of rotatable bonds is 3. The van der Waals surface area contributed by atoms with Crippen molar-refractivity contribution in [3.05, 3.63) is 51.3 Å². The van der Waals surface area contributed by atoms with Crippen LogP contribution in [0.5, 0.6) is 11.5 Å². The Kier molecular flexibility index (Phi) is 3.69. The maximum absolute atomic E-state index is 12.6. The van der Waals surface area contributed by atoms with E-state index >= 15 is 0 Å². The zero-order valence-electron chi connectivity index (χ0n) is 13.6. The number of ether oxygens (including phenoxy) is 2. The number of aromatic nitrogens is 2. The highest BCUT2D eigenvalue weighted by Gasteiger charge is 2.32. The number of nitrogens with zero attached hydrogens (tertiary/aromatic N) is 2. The molecular weight excluding hydrogens is 342 g/mol. The highest BCUT2D eigenvalue weighted by molar-refractivity contribution is 7.15. The molecule has 0 fully saturated rings. The number of carbonyl (C=O) groups excluding carboxylic acids is 1. The van der Waals surface area contributed by atoms with Crippen LogP contribution in [0.1, 0.15) is 23.5 Å². The molecule has 8 heteroatoms. The Morgan fingerprint density at radius 2 is 2.04 bits per heavy atom. The van der Waals surface area contributed by atoms with Gasteiger partial charge in [0, 0.05) is 23.9 Å². The minimum absolute atomic E-state index is 0.141. The molecule has 25 heavy (non-hydrogen) atoms. The molecule has 1 amide bonds. The van der Waals surface area contributed by atoms with Gasteiger partial charge in [0.05, 0.1) is 19.8 Å². The van der Waals surface area contributed by atoms with Crippen LogP contribution in [0, 0.1) is 0 Å². The van der Waals surface area contributed by atoms with Crippen molar-refractivity contribution >= 4 is 28.0 Å². The molecule has 1 aliphatic rings. The second-order valence-corrected chi connectivity index (χ2v) is 6.53. The molecule has 2 aromatic heterocycles. The predicted octanol–water partition coefficient (Wildman–Crippen LogP) is 2.25. The molecule has 0 radical (unpaired) electrons. The summed E-state index contributed by atoms with van der Waals surface area (Å²) in [7, 11) is 3.11. The number of carbonyl (C=O) groups is 1. The fraction of sp³-hybridized carbons (Fsp3) is 0.235. The Morgan fingerprint density at radius 1 is 1.24 bits per heavy atom. The molecular formula is C17H15N3O4S. The summed E-state index contributed by atoms with van der Waals surface area (Å²) in [4.78, 5) is 29.6. The molecule has 0 aliphatic carbocycles. The van der Waals surface area contributed by atoms with Crippen LogP contribution in [0.15, 0.2) is 34.6 Å². The lowest BCUT2D eigenvalue weighted by Gasteiger charge is -2.25. The Labute approximate surface area is 146 Å². The lowest BCUT2D eigenvalue weighted by molar-refractivity contribution is -0.116. The van der Waals surface area contributed by atoms with E-state index in [2.05, 4.69) is 10.3 Å². The summed E-state index contributed by atoms with van der Waals surface area (Å²) in [5, 5.41) is 4.64. The third-order valence-corrected chi connectivity index (χ3v) is 5.08. The van der Waals surface area contributed by atoms with Gasteiger partial charge in [-0.25, -0.2) is 0 Å². The van der Waals surface area contributed by atoms with Crippen LogP contribution in [-0.4, -0.2) is 29.5 Å². The highest BCUT2D eigenvalue weighted by Crippen LogP contribution is 2.38. The summed E-state index contributed by atoms with van der Waals surface area (Å²) < 4.78 is 12.3. The highest BCUT2D eigenvalue weighted by atomic mass is 32.1. The van der Waals surface area contributed by atoms with E-state index in [1.165, 1.54) is 11.3 Å². The molecule has 7 nitrogen and oxygen atoms in total. The first-order valence-corrected chi connectivity index (χ1v) is 8.52. The fourth-order valence-corrected chi connectivity index (χ4v) is 3.87. The number of benzene rings is 1. The zero-order chi connectivity index (χ0) is 17.6. The van der Waals surface area contributed by atoms with Crippen molar-refractivity contribution < 1.29 is 14.3 Å². The van der Waals surface area contributed by atoms with Crippen molar-refractivity contribution in [2.24, 2.45) is 0 Å². The minimum atomic E-state index is -0.389. The van der Waals surface area contributed by atoms with E-state index in [-0.39, 0.29) is 23.8 Å². The van der Waals surface area contributed by atoms with Gasteiger partial charge < -0.3 is 14.8 Å². The molecule has 1 N–H and O–H groups in total. The van der Waals surface area contributed by atoms with Crippen LogP contribution in [0.25, 0.3) is 4.96 Å². The van der Waals surface area contributed by atoms with Gasteiger partial charge in [0.15, 0.2) is 16.5 Å². The molecule has 0 saturated carbocycles. The second kappa shape index (κ2) is 5.89. The Balaban J connectivity index is 1.93. The lowest BCUT2D eigenvalue weighted by Crippen LogP contribution is -2.31. The maximum Gasteiger partial charge on any atom is 0.279 e. The average molecular weight is 357 g/mol. The predicted molar refractivity (Wildman–Crippen MR) is 94.0 cm³/mol. The Bertz CT molecular complexity index is 1040. The molecule has 128 valence electrons. The van der Waals surface area contributed by atoms with Gasteiger partial charge in [-0.2, -0.15) is 4.98 Å². The first kappa shape index (κ1) is 15.6. The summed E-state index contributed by atoms with van der Waals surface area (Å²) in [6.45, 7) is 0. The SMILES string of the molecule is COc1ccc([C@@H]2CC(=O)Nc3c2c(=O)nc2sccn32)cc1OC. The Morgan fingerprint density at radius 3 is 2.80 bits per heavy atom. The molecule has 3 aromatic rings. The number of hydrogen-bond acceptors (Lipinski definition) is 6. The van der Waals surface area contributed by atoms with Crippen LogP contribution in [0.2, 0.25) is 0 Å². The number of nitrogens with one attached hydrogen (secondary N) is 1. The summed E-state index contributed by atoms with van der Waals surface area (Å²) in [6.07, 6.45) is 1.97. The van der Waals surface area contributed by atoms with Crippen molar-refractivity contribution in [1.29, 1.82) is 0 Å². The number of fused-ring (bicyclic) bond motifs is 3. The summed E-state index contributed by atoms with van der Waals surface area (Å²) in [5.41, 5.74) is 0.975. The standard InChI is InChI=1S/C17H15N3O4S/c1-23-11-4-3-9(7-12(11)24-2)10-8-13(21)18-15-14(10)16(22)19-17-20(15)5-6-25-17/h3-7,10H,8H2,1-2H3,(H,18,21)/t10-/m0/s1. The van der Waals surface area contributed by atoms with Gasteiger partial charge in [-0.15, -0.1) is 11.3 Å². The average Bonchev–Trinajstić information content (AvgIpc) is 3.08. The van der Waals surface area contributed by atoms with Gasteiger partial charge in [0.2, 0.25) is 5.91 Å². The summed E-state index contributed by atoms with van der Waals surface area (Å²) in [6, 6.07) is 5.42. The van der Waals surface area contributed by atoms with Crippen molar-refractivity contribution in [1.82, 2.24) is 9.38 Å². The first-order valence-electron chi connectivity index (χ1n) is 7.64. The van der Waals surface area contributed by atoms with Gasteiger partial charge in [-0.1, -0.05) is 6.07 Å². The van der Waals surface area contributed by atoms with Gasteiger partial charge in [0.25, 0.3) is 5.56 Å². The molecule has 3 heterocycles. The van der Waals surface area contributed by atoms with E-state index in [0.29, 0.717) is 27.8 Å². The number of thiazole rings is 1. The number of methoxy groups -OCH3 is 2. The Hall–Kier alpha value is -2.87. The van der Waals surface area contributed by atoms with E-state index in [0.717, 1.165) is 5.56 Å². The van der Waals surface area contributed by atoms with Gasteiger partial charge in [-0.3, -0.25) is 14.0 Å². The van der Waals surface area contributed by atoms with Crippen LogP contribution in [0.3, 0.4) is 0 Å². The van der Waals surface area contributed by atoms with Crippen molar-refractivity contribution in [2.45, 2.75) is 12.3 Å². The van der Waals surface area contributed by atoms with E-state index in [1.807, 2.05) is 11.4 Å². The van der Waals surface area contributed by atoms with Gasteiger partial charge in [-0.05, 0) is 17.7 Å². The van der Waals surface area contributed by atoms with Crippen LogP contribution >= 0.6 is 11.3 Å². The monoisotopic (exact) mass is 357 g/mol. The third-order valence-electron chi connectivity index (χ3n) is 4.32. The van der Waals surface area contributed by atoms with Crippen LogP contribution < -0.4 is 20.3 Å². The van der Waals surface area contributed by atoms with Crippen molar-refractivity contribution in [2.75, 3.05) is 19.5 Å². The van der Waals surface area contributed by atoms with Crippen LogP contribution in [0.4, 0.5) is 5.82 Å². The molecule has 0 bridgehead atoms. The topological polar surface area (TPSA) is 81.9 Å². The van der Waals surface area contributed by atoms with E-state index < -0.39 is 0 Å². The first-order chi connectivity index (χ1) is 12.1. The zero-order valence-corrected chi connectivity index (χ0v) is 14.4. The molecule has 1 aliphatic heterocycles. The fourth-order valence-electron chi connectivity index (χ4n) is 3.17. The van der Waals surface area contributed by atoms with Gasteiger partial charge >= 0.3 is 0 Å². The number of hydrogen-bond donors (Lipinski definition) is 1. The van der Waals surface area contributed by atoms with Crippen LogP contribution in [-0.2, 0) is 4.79 Å². The molecule has 0 saturated heterocycles. The minimum Gasteiger partial charge on any atom is -0.493 e. The molecule has 0 unspecified atom stereocenters. The van der Waals surface area contributed by atoms with E-state index in [4.69, 9.17) is 9.47 Å². The molecule has 4 rings (SSSR count). The maximum atomic E-state index is 12.6. The third kappa shape index (κ3) is 2.45. The summed E-state index contributed by atoms with van der Waals surface area (Å²) >= 11 is 1.35. The smallest absolute Gasteiger partial charge is 0.279 e. The summed E-state index contributed by atoms with van der Waals surface area (Å²) in [5.74, 6) is 1.11. The lowest BCUT2D eigenvalue weighted by atomic mass is 9.86.